The first kappa shape index (κ1) is 8.37. The van der Waals surface area contributed by atoms with Gasteiger partial charge in [0.15, 0.2) is 5.82 Å². The predicted molar refractivity (Wildman–Crippen MR) is 43.9 cm³/mol. The van der Waals surface area contributed by atoms with Crippen LogP contribution in [-0.2, 0) is 11.3 Å². The highest BCUT2D eigenvalue weighted by Gasteiger charge is 2.20. The van der Waals surface area contributed by atoms with Crippen LogP contribution in [0.5, 0.6) is 0 Å². The van der Waals surface area contributed by atoms with Crippen molar-refractivity contribution in [3.8, 4) is 0 Å². The third-order valence-corrected chi connectivity index (χ3v) is 2.04. The minimum atomic E-state index is 0.292. The van der Waals surface area contributed by atoms with Crippen molar-refractivity contribution in [1.29, 1.82) is 0 Å². The van der Waals surface area contributed by atoms with Crippen LogP contribution in [-0.4, -0.2) is 33.9 Å². The Balaban J connectivity index is 1.95. The van der Waals surface area contributed by atoms with E-state index >= 15 is 0 Å². The molecule has 1 saturated heterocycles. The number of carbonyl (C=O) groups excluding carboxylic acids is 1. The van der Waals surface area contributed by atoms with Gasteiger partial charge < -0.3 is 4.52 Å². The van der Waals surface area contributed by atoms with E-state index in [4.69, 9.17) is 4.52 Å². The van der Waals surface area contributed by atoms with Crippen molar-refractivity contribution >= 4 is 5.78 Å². The number of hydrogen-bond donors (Lipinski definition) is 0. The molecule has 13 heavy (non-hydrogen) atoms. The van der Waals surface area contributed by atoms with Gasteiger partial charge in [0.1, 0.15) is 5.78 Å². The van der Waals surface area contributed by atoms with Crippen LogP contribution in [0, 0.1) is 6.92 Å². The molecule has 0 aliphatic carbocycles. The molecule has 0 spiro atoms. The largest absolute Gasteiger partial charge is 0.340 e. The zero-order valence-corrected chi connectivity index (χ0v) is 7.49. The second-order valence-electron chi connectivity index (χ2n) is 3.23. The van der Waals surface area contributed by atoms with Crippen LogP contribution >= 0.6 is 0 Å². The molecule has 0 atom stereocenters. The zero-order chi connectivity index (χ0) is 9.26. The maximum Gasteiger partial charge on any atom is 0.223 e. The van der Waals surface area contributed by atoms with Gasteiger partial charge in [0.05, 0.1) is 13.1 Å². The van der Waals surface area contributed by atoms with Crippen molar-refractivity contribution in [2.75, 3.05) is 13.1 Å². The summed E-state index contributed by atoms with van der Waals surface area (Å²) in [5.41, 5.74) is 0. The molecule has 1 aromatic heterocycles. The van der Waals surface area contributed by atoms with Gasteiger partial charge in [0, 0.05) is 19.9 Å². The van der Waals surface area contributed by atoms with Crippen molar-refractivity contribution in [2.24, 2.45) is 0 Å². The number of aromatic nitrogens is 2. The smallest absolute Gasteiger partial charge is 0.223 e. The molecule has 0 bridgehead atoms. The minimum absolute atomic E-state index is 0.292. The summed E-state index contributed by atoms with van der Waals surface area (Å²) in [4.78, 5) is 17.0. The number of likely N-dealkylation sites (tertiary alicyclic amines) is 1. The Hall–Kier alpha value is -1.23. The molecule has 1 aliphatic heterocycles. The zero-order valence-electron chi connectivity index (χ0n) is 7.49. The molecule has 2 heterocycles. The maximum absolute atomic E-state index is 10.9. The highest BCUT2D eigenvalue weighted by molar-refractivity contribution is 5.82. The molecule has 2 rings (SSSR count). The normalized spacial score (nSPS) is 18.4. The highest BCUT2D eigenvalue weighted by atomic mass is 16.5. The van der Waals surface area contributed by atoms with Gasteiger partial charge in [-0.1, -0.05) is 5.16 Å². The number of hydrogen-bond acceptors (Lipinski definition) is 5. The van der Waals surface area contributed by atoms with Crippen molar-refractivity contribution in [1.82, 2.24) is 15.0 Å². The molecule has 0 N–H and O–H groups in total. The lowest BCUT2D eigenvalue weighted by molar-refractivity contribution is -0.116. The second kappa shape index (κ2) is 3.26. The summed E-state index contributed by atoms with van der Waals surface area (Å²) in [5.74, 6) is 1.52. The van der Waals surface area contributed by atoms with E-state index in [0.717, 1.165) is 6.54 Å². The highest BCUT2D eigenvalue weighted by Crippen LogP contribution is 2.07. The first-order valence-corrected chi connectivity index (χ1v) is 4.27. The van der Waals surface area contributed by atoms with Gasteiger partial charge in [-0.05, 0) is 0 Å². The molecule has 0 saturated carbocycles. The molecule has 0 amide bonds. The van der Waals surface area contributed by atoms with Gasteiger partial charge in [-0.3, -0.25) is 9.69 Å². The van der Waals surface area contributed by atoms with E-state index < -0.39 is 0 Å². The van der Waals surface area contributed by atoms with Crippen LogP contribution in [0.4, 0.5) is 0 Å². The van der Waals surface area contributed by atoms with E-state index in [1.165, 1.54) is 0 Å². The van der Waals surface area contributed by atoms with Gasteiger partial charge in [0.2, 0.25) is 5.89 Å². The Morgan fingerprint density at radius 1 is 1.62 bits per heavy atom. The number of Topliss-reactive ketones (excluding diaryl/α,β-unsaturated/α-hetero) is 1. The molecule has 1 fully saturated rings. The quantitative estimate of drug-likeness (QED) is 0.650. The van der Waals surface area contributed by atoms with Crippen molar-refractivity contribution in [3.05, 3.63) is 11.7 Å². The number of rotatable bonds is 2. The molecule has 1 aliphatic rings. The third kappa shape index (κ3) is 1.92. The SMILES string of the molecule is Cc1nc(CN2CCC(=O)C2)no1. The molecule has 5 nitrogen and oxygen atoms in total. The predicted octanol–water partition coefficient (Wildman–Crippen LogP) is 0.153. The molecular weight excluding hydrogens is 170 g/mol. The Morgan fingerprint density at radius 3 is 3.00 bits per heavy atom. The first-order valence-electron chi connectivity index (χ1n) is 4.27. The van der Waals surface area contributed by atoms with Gasteiger partial charge in [-0.15, -0.1) is 0 Å². The number of carbonyl (C=O) groups is 1. The van der Waals surface area contributed by atoms with Crippen LogP contribution in [0.25, 0.3) is 0 Å². The fourth-order valence-electron chi connectivity index (χ4n) is 1.43. The number of aryl methyl sites for hydroxylation is 1. The minimum Gasteiger partial charge on any atom is -0.340 e. The molecule has 0 unspecified atom stereocenters. The first-order chi connectivity index (χ1) is 6.24. The lowest BCUT2D eigenvalue weighted by atomic mass is 10.4. The topological polar surface area (TPSA) is 59.2 Å². The van der Waals surface area contributed by atoms with Crippen LogP contribution < -0.4 is 0 Å². The third-order valence-electron chi connectivity index (χ3n) is 2.04. The Morgan fingerprint density at radius 2 is 2.46 bits per heavy atom. The fraction of sp³-hybridized carbons (Fsp3) is 0.625. The van der Waals surface area contributed by atoms with Gasteiger partial charge >= 0.3 is 0 Å². The van der Waals surface area contributed by atoms with E-state index in [2.05, 4.69) is 10.1 Å². The molecular formula is C8H11N3O2. The van der Waals surface area contributed by atoms with Gasteiger partial charge in [0.25, 0.3) is 0 Å². The van der Waals surface area contributed by atoms with E-state index in [9.17, 15) is 4.79 Å². The summed E-state index contributed by atoms with van der Waals surface area (Å²) in [6.45, 7) is 3.70. The van der Waals surface area contributed by atoms with Crippen molar-refractivity contribution in [2.45, 2.75) is 19.9 Å². The van der Waals surface area contributed by atoms with Crippen LogP contribution in [0.3, 0.4) is 0 Å². The molecule has 1 aromatic rings. The van der Waals surface area contributed by atoms with E-state index in [0.29, 0.717) is 37.0 Å². The summed E-state index contributed by atoms with van der Waals surface area (Å²) in [5, 5.41) is 3.77. The summed E-state index contributed by atoms with van der Waals surface area (Å²) in [7, 11) is 0. The summed E-state index contributed by atoms with van der Waals surface area (Å²) < 4.78 is 4.83. The average molecular weight is 181 g/mol. The number of nitrogens with zero attached hydrogens (tertiary/aromatic N) is 3. The summed E-state index contributed by atoms with van der Waals surface area (Å²) in [6, 6.07) is 0. The maximum atomic E-state index is 10.9. The van der Waals surface area contributed by atoms with Crippen molar-refractivity contribution in [3.63, 3.8) is 0 Å². The summed E-state index contributed by atoms with van der Waals surface area (Å²) in [6.07, 6.45) is 0.650. The Kier molecular flexibility index (Phi) is 2.10. The average Bonchev–Trinajstić information content (AvgIpc) is 2.62. The van der Waals surface area contributed by atoms with E-state index in [-0.39, 0.29) is 0 Å². The summed E-state index contributed by atoms with van der Waals surface area (Å²) >= 11 is 0. The van der Waals surface area contributed by atoms with E-state index in [1.807, 2.05) is 4.90 Å². The van der Waals surface area contributed by atoms with Crippen molar-refractivity contribution < 1.29 is 9.32 Å². The lowest BCUT2D eigenvalue weighted by Crippen LogP contribution is -2.20. The van der Waals surface area contributed by atoms with Crippen LogP contribution in [0.1, 0.15) is 18.1 Å². The van der Waals surface area contributed by atoms with Gasteiger partial charge in [-0.25, -0.2) is 0 Å². The van der Waals surface area contributed by atoms with Gasteiger partial charge in [-0.2, -0.15) is 4.98 Å². The molecule has 5 heteroatoms. The molecule has 70 valence electrons. The fourth-order valence-corrected chi connectivity index (χ4v) is 1.43. The second-order valence-corrected chi connectivity index (χ2v) is 3.23. The Labute approximate surface area is 75.7 Å². The Bertz CT molecular complexity index is 321. The molecule has 0 radical (unpaired) electrons. The lowest BCUT2D eigenvalue weighted by Gasteiger charge is -2.08. The molecule has 0 aromatic carbocycles. The van der Waals surface area contributed by atoms with Crippen LogP contribution in [0.15, 0.2) is 4.52 Å². The van der Waals surface area contributed by atoms with Crippen LogP contribution in [0.2, 0.25) is 0 Å². The standard InChI is InChI=1S/C8H11N3O2/c1-6-9-8(10-13-6)5-11-3-2-7(12)4-11/h2-5H2,1H3. The number of ketones is 1. The van der Waals surface area contributed by atoms with E-state index in [1.54, 1.807) is 6.92 Å². The monoisotopic (exact) mass is 181 g/mol.